The van der Waals surface area contributed by atoms with E-state index in [1.165, 1.54) is 0 Å². The van der Waals surface area contributed by atoms with Crippen molar-refractivity contribution in [3.63, 3.8) is 0 Å². The van der Waals surface area contributed by atoms with Crippen molar-refractivity contribution in [3.8, 4) is 0 Å². The Morgan fingerprint density at radius 3 is 2.84 bits per heavy atom. The summed E-state index contributed by atoms with van der Waals surface area (Å²) in [6, 6.07) is 5.80. The van der Waals surface area contributed by atoms with Gasteiger partial charge in [-0.1, -0.05) is 6.07 Å². The molecule has 0 radical (unpaired) electrons. The summed E-state index contributed by atoms with van der Waals surface area (Å²) < 4.78 is 11.9. The Hall–Kier alpha value is -1.14. The lowest BCUT2D eigenvalue weighted by Gasteiger charge is -2.01. The van der Waals surface area contributed by atoms with Gasteiger partial charge in [0.15, 0.2) is 0 Å². The maximum absolute atomic E-state index is 12.0. The van der Waals surface area contributed by atoms with Crippen LogP contribution in [0, 0.1) is 6.92 Å². The van der Waals surface area contributed by atoms with E-state index in [-0.39, 0.29) is 5.91 Å². The minimum atomic E-state index is -0.893. The lowest BCUT2D eigenvalue weighted by molar-refractivity contribution is 0.0952. The average molecular weight is 343 g/mol. The van der Waals surface area contributed by atoms with Crippen molar-refractivity contribution in [2.45, 2.75) is 6.92 Å². The first-order chi connectivity index (χ1) is 8.99. The van der Waals surface area contributed by atoms with E-state index in [1.54, 1.807) is 6.26 Å². The maximum atomic E-state index is 12.0. The van der Waals surface area contributed by atoms with Gasteiger partial charge in [0.1, 0.15) is 5.69 Å². The second-order valence-electron chi connectivity index (χ2n) is 4.37. The van der Waals surface area contributed by atoms with Crippen molar-refractivity contribution in [1.82, 2.24) is 10.3 Å². The van der Waals surface area contributed by atoms with Gasteiger partial charge in [0, 0.05) is 39.2 Å². The number of halogens is 1. The molecule has 1 aromatic heterocycles. The number of nitrogens with one attached hydrogen (secondary N) is 2. The van der Waals surface area contributed by atoms with Gasteiger partial charge in [0.2, 0.25) is 0 Å². The molecule has 4 nitrogen and oxygen atoms in total. The van der Waals surface area contributed by atoms with Crippen molar-refractivity contribution in [1.29, 1.82) is 0 Å². The molecule has 0 aliphatic heterocycles. The Balaban J connectivity index is 2.21. The van der Waals surface area contributed by atoms with E-state index in [0.29, 0.717) is 18.0 Å². The van der Waals surface area contributed by atoms with Crippen molar-refractivity contribution < 1.29 is 9.00 Å². The molecule has 102 valence electrons. The number of aromatic nitrogens is 1. The van der Waals surface area contributed by atoms with Gasteiger partial charge in [0.05, 0.1) is 5.52 Å². The SMILES string of the molecule is Cc1ccc(Br)c2[nH]c(C(=O)NCCS(C)=O)cc12. The monoisotopic (exact) mass is 342 g/mol. The van der Waals surface area contributed by atoms with Crippen molar-refractivity contribution >= 4 is 43.5 Å². The second-order valence-corrected chi connectivity index (χ2v) is 6.78. The summed E-state index contributed by atoms with van der Waals surface area (Å²) in [5, 5.41) is 3.78. The fourth-order valence-electron chi connectivity index (χ4n) is 1.85. The molecule has 0 fully saturated rings. The Morgan fingerprint density at radius 1 is 1.47 bits per heavy atom. The molecule has 1 heterocycles. The van der Waals surface area contributed by atoms with E-state index < -0.39 is 10.8 Å². The molecule has 0 bridgehead atoms. The topological polar surface area (TPSA) is 62.0 Å². The molecule has 2 N–H and O–H groups in total. The molecule has 0 aliphatic carbocycles. The number of aryl methyl sites for hydroxylation is 1. The van der Waals surface area contributed by atoms with Gasteiger partial charge in [-0.05, 0) is 40.5 Å². The number of carbonyl (C=O) groups is 1. The number of amides is 1. The number of hydrogen-bond acceptors (Lipinski definition) is 2. The molecule has 0 saturated heterocycles. The third kappa shape index (κ3) is 3.25. The molecule has 19 heavy (non-hydrogen) atoms. The number of hydrogen-bond donors (Lipinski definition) is 2. The van der Waals surface area contributed by atoms with Crippen LogP contribution in [0.1, 0.15) is 16.1 Å². The van der Waals surface area contributed by atoms with Crippen LogP contribution in [0.4, 0.5) is 0 Å². The summed E-state index contributed by atoms with van der Waals surface area (Å²) in [5.41, 5.74) is 2.55. The van der Waals surface area contributed by atoms with Gasteiger partial charge in [-0.2, -0.15) is 0 Å². The fourth-order valence-corrected chi connectivity index (χ4v) is 2.69. The van der Waals surface area contributed by atoms with E-state index in [2.05, 4.69) is 26.2 Å². The smallest absolute Gasteiger partial charge is 0.267 e. The zero-order chi connectivity index (χ0) is 14.0. The fraction of sp³-hybridized carbons (Fsp3) is 0.308. The number of benzene rings is 1. The van der Waals surface area contributed by atoms with E-state index in [9.17, 15) is 9.00 Å². The Labute approximate surface area is 122 Å². The summed E-state index contributed by atoms with van der Waals surface area (Å²) in [7, 11) is -0.893. The highest BCUT2D eigenvalue weighted by Crippen LogP contribution is 2.26. The van der Waals surface area contributed by atoms with Crippen molar-refractivity contribution in [2.75, 3.05) is 18.6 Å². The molecule has 0 aliphatic rings. The van der Waals surface area contributed by atoms with Gasteiger partial charge in [0.25, 0.3) is 5.91 Å². The van der Waals surface area contributed by atoms with E-state index in [0.717, 1.165) is 20.9 Å². The first-order valence-electron chi connectivity index (χ1n) is 5.85. The van der Waals surface area contributed by atoms with Gasteiger partial charge < -0.3 is 10.3 Å². The minimum absolute atomic E-state index is 0.173. The quantitative estimate of drug-likeness (QED) is 0.895. The highest BCUT2D eigenvalue weighted by molar-refractivity contribution is 9.10. The molecule has 1 atom stereocenters. The Morgan fingerprint density at radius 2 is 2.21 bits per heavy atom. The molecule has 1 unspecified atom stereocenters. The van der Waals surface area contributed by atoms with E-state index in [1.807, 2.05) is 25.1 Å². The van der Waals surface area contributed by atoms with Crippen molar-refractivity contribution in [3.05, 3.63) is 33.9 Å². The van der Waals surface area contributed by atoms with Crippen LogP contribution in [-0.2, 0) is 10.8 Å². The highest BCUT2D eigenvalue weighted by atomic mass is 79.9. The molecule has 6 heteroatoms. The lowest BCUT2D eigenvalue weighted by atomic mass is 10.1. The normalized spacial score (nSPS) is 12.6. The molecular formula is C13H15BrN2O2S. The van der Waals surface area contributed by atoms with Gasteiger partial charge in [-0.25, -0.2) is 0 Å². The molecule has 1 amide bonds. The maximum Gasteiger partial charge on any atom is 0.267 e. The molecule has 1 aromatic carbocycles. The van der Waals surface area contributed by atoms with Gasteiger partial charge in [-0.3, -0.25) is 9.00 Å². The number of H-pyrrole nitrogens is 1. The van der Waals surface area contributed by atoms with Crippen LogP contribution in [0.2, 0.25) is 0 Å². The van der Waals surface area contributed by atoms with Gasteiger partial charge in [-0.15, -0.1) is 0 Å². The summed E-state index contributed by atoms with van der Waals surface area (Å²) in [6.07, 6.45) is 1.62. The van der Waals surface area contributed by atoms with Crippen molar-refractivity contribution in [2.24, 2.45) is 0 Å². The first-order valence-corrected chi connectivity index (χ1v) is 8.37. The molecule has 0 spiro atoms. The number of aromatic amines is 1. The Bertz CT molecular complexity index is 612. The van der Waals surface area contributed by atoms with E-state index >= 15 is 0 Å². The third-order valence-corrected chi connectivity index (χ3v) is 4.32. The zero-order valence-electron chi connectivity index (χ0n) is 10.7. The Kier molecular flexibility index (Phi) is 4.42. The molecular weight excluding hydrogens is 328 g/mol. The highest BCUT2D eigenvalue weighted by Gasteiger charge is 2.12. The van der Waals surface area contributed by atoms with Crippen LogP contribution in [0.15, 0.2) is 22.7 Å². The first kappa shape index (κ1) is 14.3. The zero-order valence-corrected chi connectivity index (χ0v) is 13.2. The summed E-state index contributed by atoms with van der Waals surface area (Å²) in [6.45, 7) is 2.42. The summed E-state index contributed by atoms with van der Waals surface area (Å²) in [5.74, 6) is 0.294. The second kappa shape index (κ2) is 5.88. The van der Waals surface area contributed by atoms with E-state index in [4.69, 9.17) is 0 Å². The largest absolute Gasteiger partial charge is 0.350 e. The number of carbonyl (C=O) groups excluding carboxylic acids is 1. The minimum Gasteiger partial charge on any atom is -0.350 e. The molecule has 0 saturated carbocycles. The third-order valence-electron chi connectivity index (χ3n) is 2.88. The lowest BCUT2D eigenvalue weighted by Crippen LogP contribution is -2.27. The predicted octanol–water partition coefficient (Wildman–Crippen LogP) is 2.35. The molecule has 2 rings (SSSR count). The van der Waals surface area contributed by atoms with Crippen LogP contribution >= 0.6 is 15.9 Å². The average Bonchev–Trinajstić information content (AvgIpc) is 2.79. The number of rotatable bonds is 4. The van der Waals surface area contributed by atoms with Crippen LogP contribution in [0.25, 0.3) is 10.9 Å². The van der Waals surface area contributed by atoms with Crippen LogP contribution in [-0.4, -0.2) is 33.7 Å². The molecule has 2 aromatic rings. The summed E-state index contributed by atoms with van der Waals surface area (Å²) in [4.78, 5) is 15.1. The van der Waals surface area contributed by atoms with Crippen LogP contribution in [0.5, 0.6) is 0 Å². The predicted molar refractivity (Wildman–Crippen MR) is 82.0 cm³/mol. The number of fused-ring (bicyclic) bond motifs is 1. The van der Waals surface area contributed by atoms with Crippen LogP contribution < -0.4 is 5.32 Å². The van der Waals surface area contributed by atoms with Crippen LogP contribution in [0.3, 0.4) is 0 Å². The standard InChI is InChI=1S/C13H15BrN2O2S/c1-8-3-4-10(14)12-9(8)7-11(16-12)13(17)15-5-6-19(2)18/h3-4,7,16H,5-6H2,1-2H3,(H,15,17). The van der Waals surface area contributed by atoms with Gasteiger partial charge >= 0.3 is 0 Å². The summed E-state index contributed by atoms with van der Waals surface area (Å²) >= 11 is 3.46.